The minimum Gasteiger partial charge on any atom is -0.370 e. The second-order valence-electron chi connectivity index (χ2n) is 3.99. The molecule has 0 radical (unpaired) electrons. The SMILES string of the molecule is CCCNc1ncnc(Sc2ccccc2)c1C. The third-order valence-electron chi connectivity index (χ3n) is 2.54. The number of rotatable bonds is 5. The number of hydrogen-bond acceptors (Lipinski definition) is 4. The summed E-state index contributed by atoms with van der Waals surface area (Å²) in [4.78, 5) is 9.83. The lowest BCUT2D eigenvalue weighted by molar-refractivity contribution is 0.938. The van der Waals surface area contributed by atoms with Gasteiger partial charge in [-0.25, -0.2) is 9.97 Å². The molecule has 0 atom stereocenters. The van der Waals surface area contributed by atoms with Crippen molar-refractivity contribution in [3.8, 4) is 0 Å². The Bertz CT molecular complexity index is 500. The number of anilines is 1. The van der Waals surface area contributed by atoms with Crippen molar-refractivity contribution in [1.82, 2.24) is 9.97 Å². The number of aromatic nitrogens is 2. The monoisotopic (exact) mass is 259 g/mol. The Balaban J connectivity index is 2.18. The summed E-state index contributed by atoms with van der Waals surface area (Å²) in [5.41, 5.74) is 1.11. The van der Waals surface area contributed by atoms with Gasteiger partial charge in [-0.05, 0) is 25.5 Å². The summed E-state index contributed by atoms with van der Waals surface area (Å²) in [5.74, 6) is 0.935. The van der Waals surface area contributed by atoms with Crippen LogP contribution < -0.4 is 5.32 Å². The van der Waals surface area contributed by atoms with Crippen molar-refractivity contribution in [3.05, 3.63) is 42.2 Å². The van der Waals surface area contributed by atoms with E-state index in [2.05, 4.69) is 41.3 Å². The Kier molecular flexibility index (Phi) is 4.59. The van der Waals surface area contributed by atoms with E-state index in [1.54, 1.807) is 18.1 Å². The lowest BCUT2D eigenvalue weighted by Crippen LogP contribution is -2.05. The minimum absolute atomic E-state index is 0.935. The average molecular weight is 259 g/mol. The van der Waals surface area contributed by atoms with Crippen molar-refractivity contribution < 1.29 is 0 Å². The molecule has 2 rings (SSSR count). The first-order chi connectivity index (χ1) is 8.81. The lowest BCUT2D eigenvalue weighted by atomic mass is 10.3. The van der Waals surface area contributed by atoms with Crippen LogP contribution in [0.15, 0.2) is 46.6 Å². The van der Waals surface area contributed by atoms with E-state index >= 15 is 0 Å². The molecule has 1 aromatic heterocycles. The highest BCUT2D eigenvalue weighted by molar-refractivity contribution is 7.99. The van der Waals surface area contributed by atoms with E-state index in [4.69, 9.17) is 0 Å². The Morgan fingerprint density at radius 1 is 1.17 bits per heavy atom. The van der Waals surface area contributed by atoms with Crippen LogP contribution in [-0.4, -0.2) is 16.5 Å². The lowest BCUT2D eigenvalue weighted by Gasteiger charge is -2.10. The fraction of sp³-hybridized carbons (Fsp3) is 0.286. The first kappa shape index (κ1) is 12.9. The van der Waals surface area contributed by atoms with Crippen LogP contribution in [0.5, 0.6) is 0 Å². The minimum atomic E-state index is 0.935. The largest absolute Gasteiger partial charge is 0.370 e. The van der Waals surface area contributed by atoms with Gasteiger partial charge in [0.15, 0.2) is 0 Å². The number of benzene rings is 1. The van der Waals surface area contributed by atoms with Gasteiger partial charge in [0.25, 0.3) is 0 Å². The van der Waals surface area contributed by atoms with Crippen LogP contribution in [-0.2, 0) is 0 Å². The van der Waals surface area contributed by atoms with Crippen LogP contribution in [0.25, 0.3) is 0 Å². The quantitative estimate of drug-likeness (QED) is 0.830. The molecule has 2 aromatic rings. The van der Waals surface area contributed by atoms with Gasteiger partial charge in [0.05, 0.1) is 0 Å². The van der Waals surface area contributed by atoms with Gasteiger partial charge in [0, 0.05) is 17.0 Å². The Labute approximate surface area is 112 Å². The zero-order valence-electron chi connectivity index (χ0n) is 10.7. The summed E-state index contributed by atoms with van der Waals surface area (Å²) in [7, 11) is 0. The van der Waals surface area contributed by atoms with E-state index in [-0.39, 0.29) is 0 Å². The molecule has 0 aliphatic carbocycles. The molecule has 1 heterocycles. The van der Waals surface area contributed by atoms with E-state index in [1.165, 1.54) is 4.90 Å². The van der Waals surface area contributed by atoms with Crippen molar-refractivity contribution >= 4 is 17.6 Å². The molecular formula is C14H17N3S. The Morgan fingerprint density at radius 3 is 2.67 bits per heavy atom. The Hall–Kier alpha value is -1.55. The molecule has 0 amide bonds. The first-order valence-corrected chi connectivity index (χ1v) is 6.91. The summed E-state index contributed by atoms with van der Waals surface area (Å²) < 4.78 is 0. The molecule has 0 aliphatic heterocycles. The van der Waals surface area contributed by atoms with Crippen molar-refractivity contribution in [2.45, 2.75) is 30.2 Å². The van der Waals surface area contributed by atoms with Gasteiger partial charge >= 0.3 is 0 Å². The van der Waals surface area contributed by atoms with Gasteiger partial charge in [-0.2, -0.15) is 0 Å². The summed E-state index contributed by atoms with van der Waals surface area (Å²) in [6.45, 7) is 5.14. The second-order valence-corrected chi connectivity index (χ2v) is 5.06. The molecule has 0 spiro atoms. The predicted octanol–water partition coefficient (Wildman–Crippen LogP) is 3.76. The third-order valence-corrected chi connectivity index (χ3v) is 3.65. The maximum Gasteiger partial charge on any atom is 0.133 e. The molecule has 0 bridgehead atoms. The molecule has 0 saturated carbocycles. The van der Waals surface area contributed by atoms with Crippen LogP contribution in [0.4, 0.5) is 5.82 Å². The molecule has 4 heteroatoms. The molecular weight excluding hydrogens is 242 g/mol. The zero-order chi connectivity index (χ0) is 12.8. The highest BCUT2D eigenvalue weighted by atomic mass is 32.2. The second kappa shape index (κ2) is 6.40. The molecule has 0 fully saturated rings. The fourth-order valence-electron chi connectivity index (χ4n) is 1.56. The highest BCUT2D eigenvalue weighted by Gasteiger charge is 2.07. The summed E-state index contributed by atoms with van der Waals surface area (Å²) in [6.07, 6.45) is 2.71. The molecule has 3 nitrogen and oxygen atoms in total. The van der Waals surface area contributed by atoms with Crippen molar-refractivity contribution in [3.63, 3.8) is 0 Å². The molecule has 1 N–H and O–H groups in total. The molecule has 94 valence electrons. The maximum absolute atomic E-state index is 4.35. The summed E-state index contributed by atoms with van der Waals surface area (Å²) >= 11 is 1.67. The van der Waals surface area contributed by atoms with Gasteiger partial charge in [-0.15, -0.1) is 0 Å². The van der Waals surface area contributed by atoms with E-state index in [1.807, 2.05) is 18.2 Å². The van der Waals surface area contributed by atoms with Gasteiger partial charge in [0.1, 0.15) is 17.2 Å². The predicted molar refractivity (Wildman–Crippen MR) is 76.1 cm³/mol. The van der Waals surface area contributed by atoms with Crippen LogP contribution in [0.3, 0.4) is 0 Å². The number of nitrogens with zero attached hydrogens (tertiary/aromatic N) is 2. The van der Waals surface area contributed by atoms with Gasteiger partial charge in [0.2, 0.25) is 0 Å². The van der Waals surface area contributed by atoms with Crippen LogP contribution >= 0.6 is 11.8 Å². The fourth-order valence-corrected chi connectivity index (χ4v) is 2.42. The standard InChI is InChI=1S/C14H17N3S/c1-3-9-15-13-11(2)14(17-10-16-13)18-12-7-5-4-6-8-12/h4-8,10H,3,9H2,1-2H3,(H,15,16,17). The van der Waals surface area contributed by atoms with Crippen LogP contribution in [0.2, 0.25) is 0 Å². The maximum atomic E-state index is 4.35. The topological polar surface area (TPSA) is 37.8 Å². The normalized spacial score (nSPS) is 10.3. The van der Waals surface area contributed by atoms with Crippen molar-refractivity contribution in [2.75, 3.05) is 11.9 Å². The van der Waals surface area contributed by atoms with E-state index in [9.17, 15) is 0 Å². The van der Waals surface area contributed by atoms with Crippen molar-refractivity contribution in [2.24, 2.45) is 0 Å². The Morgan fingerprint density at radius 2 is 1.94 bits per heavy atom. The van der Waals surface area contributed by atoms with E-state index < -0.39 is 0 Å². The van der Waals surface area contributed by atoms with Gasteiger partial charge < -0.3 is 5.32 Å². The zero-order valence-corrected chi connectivity index (χ0v) is 11.5. The third kappa shape index (κ3) is 3.23. The highest BCUT2D eigenvalue weighted by Crippen LogP contribution is 2.30. The van der Waals surface area contributed by atoms with Gasteiger partial charge in [-0.1, -0.05) is 36.9 Å². The summed E-state index contributed by atoms with van der Waals surface area (Å²) in [5, 5.41) is 4.33. The molecule has 0 unspecified atom stereocenters. The van der Waals surface area contributed by atoms with Gasteiger partial charge in [-0.3, -0.25) is 0 Å². The molecule has 1 aromatic carbocycles. The van der Waals surface area contributed by atoms with Crippen molar-refractivity contribution in [1.29, 1.82) is 0 Å². The summed E-state index contributed by atoms with van der Waals surface area (Å²) in [6, 6.07) is 10.3. The molecule has 0 saturated heterocycles. The average Bonchev–Trinajstić information content (AvgIpc) is 2.41. The first-order valence-electron chi connectivity index (χ1n) is 6.09. The molecule has 18 heavy (non-hydrogen) atoms. The smallest absolute Gasteiger partial charge is 0.133 e. The molecule has 0 aliphatic rings. The van der Waals surface area contributed by atoms with E-state index in [0.717, 1.165) is 29.4 Å². The van der Waals surface area contributed by atoms with E-state index in [0.29, 0.717) is 0 Å². The number of nitrogens with one attached hydrogen (secondary N) is 1. The number of hydrogen-bond donors (Lipinski definition) is 1. The van der Waals surface area contributed by atoms with Crippen LogP contribution in [0.1, 0.15) is 18.9 Å². The van der Waals surface area contributed by atoms with Crippen LogP contribution in [0, 0.1) is 6.92 Å².